The summed E-state index contributed by atoms with van der Waals surface area (Å²) in [4.78, 5) is 31.6. The van der Waals surface area contributed by atoms with Crippen LogP contribution >= 0.6 is 11.3 Å². The molecule has 0 atom stereocenters. The highest BCUT2D eigenvalue weighted by Crippen LogP contribution is 2.26. The summed E-state index contributed by atoms with van der Waals surface area (Å²) in [6.45, 7) is 5.67. The lowest BCUT2D eigenvalue weighted by atomic mass is 10.3. The van der Waals surface area contributed by atoms with Crippen LogP contribution < -0.4 is 0 Å². The van der Waals surface area contributed by atoms with Crippen molar-refractivity contribution in [3.05, 3.63) is 29.0 Å². The fraction of sp³-hybridized carbons (Fsp3) is 0.400. The number of furan rings is 1. The summed E-state index contributed by atoms with van der Waals surface area (Å²) in [5, 5.41) is 2.46. The van der Waals surface area contributed by atoms with Crippen molar-refractivity contribution in [2.24, 2.45) is 0 Å². The normalized spacial score (nSPS) is 15.2. The van der Waals surface area contributed by atoms with Crippen molar-refractivity contribution in [1.29, 1.82) is 0 Å². The molecule has 6 nitrogen and oxygen atoms in total. The summed E-state index contributed by atoms with van der Waals surface area (Å²) in [5.41, 5.74) is 0.435. The Kier molecular flexibility index (Phi) is 3.98. The van der Waals surface area contributed by atoms with E-state index < -0.39 is 0 Å². The lowest BCUT2D eigenvalue weighted by Crippen LogP contribution is -2.50. The van der Waals surface area contributed by atoms with Gasteiger partial charge in [-0.05, 0) is 19.1 Å². The van der Waals surface area contributed by atoms with E-state index in [0.717, 1.165) is 5.76 Å². The topological polar surface area (TPSA) is 66.7 Å². The van der Waals surface area contributed by atoms with Crippen molar-refractivity contribution in [3.63, 3.8) is 0 Å². The highest BCUT2D eigenvalue weighted by Gasteiger charge is 2.25. The first-order chi connectivity index (χ1) is 10.5. The molecule has 0 spiro atoms. The number of aromatic nitrogens is 1. The van der Waals surface area contributed by atoms with Gasteiger partial charge in [0.1, 0.15) is 11.5 Å². The predicted octanol–water partition coefficient (Wildman–Crippen LogP) is 2.02. The highest BCUT2D eigenvalue weighted by molar-refractivity contribution is 7.13. The zero-order valence-corrected chi connectivity index (χ0v) is 13.4. The number of amides is 2. The number of carbonyl (C=O) groups excluding carboxylic acids is 2. The largest absolute Gasteiger partial charge is 0.459 e. The number of piperazine rings is 1. The van der Waals surface area contributed by atoms with Crippen LogP contribution in [0.25, 0.3) is 10.8 Å². The first-order valence-corrected chi connectivity index (χ1v) is 7.99. The molecule has 0 saturated carbocycles. The highest BCUT2D eigenvalue weighted by atomic mass is 32.1. The fourth-order valence-electron chi connectivity index (χ4n) is 2.42. The minimum absolute atomic E-state index is 0.0521. The van der Waals surface area contributed by atoms with Crippen molar-refractivity contribution in [2.45, 2.75) is 13.8 Å². The predicted molar refractivity (Wildman–Crippen MR) is 82.7 cm³/mol. The van der Waals surface area contributed by atoms with E-state index in [2.05, 4.69) is 4.98 Å². The zero-order valence-electron chi connectivity index (χ0n) is 12.5. The summed E-state index contributed by atoms with van der Waals surface area (Å²) in [5.74, 6) is 1.46. The van der Waals surface area contributed by atoms with Crippen molar-refractivity contribution < 1.29 is 14.0 Å². The Hall–Kier alpha value is -2.15. The van der Waals surface area contributed by atoms with Gasteiger partial charge in [-0.3, -0.25) is 9.59 Å². The van der Waals surface area contributed by atoms with E-state index in [1.807, 2.05) is 19.1 Å². The molecule has 0 unspecified atom stereocenters. The number of carbonyl (C=O) groups is 2. The summed E-state index contributed by atoms with van der Waals surface area (Å²) >= 11 is 1.40. The minimum Gasteiger partial charge on any atom is -0.459 e. The monoisotopic (exact) mass is 319 g/mol. The molecule has 0 aromatic carbocycles. The van der Waals surface area contributed by atoms with Gasteiger partial charge in [-0.1, -0.05) is 0 Å². The van der Waals surface area contributed by atoms with E-state index in [0.29, 0.717) is 42.6 Å². The van der Waals surface area contributed by atoms with E-state index in [1.54, 1.807) is 22.1 Å². The zero-order chi connectivity index (χ0) is 15.7. The van der Waals surface area contributed by atoms with Gasteiger partial charge >= 0.3 is 0 Å². The maximum Gasteiger partial charge on any atom is 0.273 e. The molecular weight excluding hydrogens is 302 g/mol. The Morgan fingerprint density at radius 3 is 2.45 bits per heavy atom. The number of aryl methyl sites for hydroxylation is 1. The maximum atomic E-state index is 12.5. The van der Waals surface area contributed by atoms with E-state index in [1.165, 1.54) is 11.3 Å². The quantitative estimate of drug-likeness (QED) is 0.849. The molecule has 1 aliphatic heterocycles. The molecule has 2 aromatic heterocycles. The summed E-state index contributed by atoms with van der Waals surface area (Å²) in [6, 6.07) is 3.73. The fourth-order valence-corrected chi connectivity index (χ4v) is 3.17. The molecule has 7 heteroatoms. The molecule has 2 amide bonds. The van der Waals surface area contributed by atoms with Gasteiger partial charge < -0.3 is 14.2 Å². The molecule has 116 valence electrons. The molecule has 3 heterocycles. The molecule has 0 bridgehead atoms. The average molecular weight is 319 g/mol. The van der Waals surface area contributed by atoms with E-state index >= 15 is 0 Å². The maximum absolute atomic E-state index is 12.5. The molecule has 0 N–H and O–H groups in total. The van der Waals surface area contributed by atoms with Crippen LogP contribution in [0, 0.1) is 6.92 Å². The second-order valence-corrected chi connectivity index (χ2v) is 6.10. The van der Waals surface area contributed by atoms with Gasteiger partial charge in [-0.2, -0.15) is 0 Å². The molecule has 1 fully saturated rings. The molecule has 1 saturated heterocycles. The van der Waals surface area contributed by atoms with E-state index in [9.17, 15) is 9.59 Å². The summed E-state index contributed by atoms with van der Waals surface area (Å²) in [7, 11) is 0. The number of hydrogen-bond acceptors (Lipinski definition) is 5. The smallest absolute Gasteiger partial charge is 0.273 e. The SMILES string of the molecule is CC(=O)N1CCN(C(=O)c2csc(-c3ccc(C)o3)n2)CC1. The van der Waals surface area contributed by atoms with E-state index in [-0.39, 0.29) is 11.8 Å². The second kappa shape index (κ2) is 5.92. The first-order valence-electron chi connectivity index (χ1n) is 7.12. The summed E-state index contributed by atoms with van der Waals surface area (Å²) < 4.78 is 5.53. The molecule has 22 heavy (non-hydrogen) atoms. The Balaban J connectivity index is 1.69. The number of rotatable bonds is 2. The lowest BCUT2D eigenvalue weighted by molar-refractivity contribution is -0.130. The van der Waals surface area contributed by atoms with Crippen LogP contribution in [0.15, 0.2) is 21.9 Å². The third kappa shape index (κ3) is 2.89. The van der Waals surface area contributed by atoms with Crippen LogP contribution in [0.1, 0.15) is 23.2 Å². The first kappa shape index (κ1) is 14.8. The van der Waals surface area contributed by atoms with Gasteiger partial charge in [0.15, 0.2) is 10.8 Å². The van der Waals surface area contributed by atoms with Crippen molar-refractivity contribution in [1.82, 2.24) is 14.8 Å². The third-order valence-electron chi connectivity index (χ3n) is 3.69. The molecular formula is C15H17N3O3S. The van der Waals surface area contributed by atoms with Gasteiger partial charge in [0.25, 0.3) is 5.91 Å². The van der Waals surface area contributed by atoms with Crippen LogP contribution in [-0.2, 0) is 4.79 Å². The minimum atomic E-state index is -0.0889. The molecule has 0 radical (unpaired) electrons. The van der Waals surface area contributed by atoms with Crippen molar-refractivity contribution >= 4 is 23.2 Å². The van der Waals surface area contributed by atoms with Gasteiger partial charge in [-0.25, -0.2) is 4.98 Å². The molecule has 2 aromatic rings. The Morgan fingerprint density at radius 1 is 1.18 bits per heavy atom. The van der Waals surface area contributed by atoms with E-state index in [4.69, 9.17) is 4.42 Å². The molecule has 0 aliphatic carbocycles. The van der Waals surface area contributed by atoms with Crippen LogP contribution in [-0.4, -0.2) is 52.8 Å². The number of nitrogens with zero attached hydrogens (tertiary/aromatic N) is 3. The van der Waals surface area contributed by atoms with Gasteiger partial charge in [0.2, 0.25) is 5.91 Å². The standard InChI is InChI=1S/C15H17N3O3S/c1-10-3-4-13(21-10)14-16-12(9-22-14)15(20)18-7-5-17(6-8-18)11(2)19/h3-4,9H,5-8H2,1-2H3. The van der Waals surface area contributed by atoms with Crippen molar-refractivity contribution in [2.75, 3.05) is 26.2 Å². The number of hydrogen-bond donors (Lipinski definition) is 0. The van der Waals surface area contributed by atoms with Gasteiger partial charge in [-0.15, -0.1) is 11.3 Å². The van der Waals surface area contributed by atoms with Crippen LogP contribution in [0.2, 0.25) is 0 Å². The van der Waals surface area contributed by atoms with Crippen molar-refractivity contribution in [3.8, 4) is 10.8 Å². The summed E-state index contributed by atoms with van der Waals surface area (Å²) in [6.07, 6.45) is 0. The van der Waals surface area contributed by atoms with Gasteiger partial charge in [0, 0.05) is 38.5 Å². The molecule has 1 aliphatic rings. The van der Waals surface area contributed by atoms with Crippen LogP contribution in [0.5, 0.6) is 0 Å². The third-order valence-corrected chi connectivity index (χ3v) is 4.54. The lowest BCUT2D eigenvalue weighted by Gasteiger charge is -2.33. The number of thiazole rings is 1. The Morgan fingerprint density at radius 2 is 1.86 bits per heavy atom. The Bertz CT molecular complexity index is 698. The Labute approximate surface area is 132 Å². The molecule has 3 rings (SSSR count). The van der Waals surface area contributed by atoms with Crippen LogP contribution in [0.3, 0.4) is 0 Å². The second-order valence-electron chi connectivity index (χ2n) is 5.25. The average Bonchev–Trinajstić information content (AvgIpc) is 3.15. The van der Waals surface area contributed by atoms with Gasteiger partial charge in [0.05, 0.1) is 0 Å². The van der Waals surface area contributed by atoms with Crippen LogP contribution in [0.4, 0.5) is 0 Å².